The highest BCUT2D eigenvalue weighted by Crippen LogP contribution is 2.12. The molecule has 0 aliphatic carbocycles. The fourth-order valence-electron chi connectivity index (χ4n) is 1.35. The molecule has 1 aromatic rings. The van der Waals surface area contributed by atoms with Crippen molar-refractivity contribution in [1.82, 2.24) is 0 Å². The second-order valence-corrected chi connectivity index (χ2v) is 5.87. The van der Waals surface area contributed by atoms with Crippen LogP contribution in [0.5, 0.6) is 0 Å². The first-order valence-electron chi connectivity index (χ1n) is 4.57. The maximum Gasteiger partial charge on any atom is 0.150 e. The molecule has 6 heteroatoms. The topological polar surface area (TPSA) is 54.4 Å². The molecule has 0 aliphatic heterocycles. The van der Waals surface area contributed by atoms with Gasteiger partial charge in [0.1, 0.15) is 21.5 Å². The molecule has 1 N–H and O–H groups in total. The molecule has 0 aliphatic rings. The normalized spacial score (nSPS) is 13.8. The minimum absolute atomic E-state index is 0.0950. The summed E-state index contributed by atoms with van der Waals surface area (Å²) in [5.41, 5.74) is 0.0950. The van der Waals surface area contributed by atoms with Crippen LogP contribution in [0.15, 0.2) is 18.2 Å². The molecule has 0 saturated heterocycles. The highest BCUT2D eigenvalue weighted by molar-refractivity contribution is 7.90. The Bertz CT molecular complexity index is 471. The van der Waals surface area contributed by atoms with E-state index in [-0.39, 0.29) is 12.0 Å². The average molecular weight is 250 g/mol. The van der Waals surface area contributed by atoms with Gasteiger partial charge in [0.05, 0.1) is 11.9 Å². The maximum absolute atomic E-state index is 13.1. The zero-order valence-corrected chi connectivity index (χ0v) is 9.47. The van der Waals surface area contributed by atoms with Crippen molar-refractivity contribution in [1.29, 1.82) is 0 Å². The lowest BCUT2D eigenvalue weighted by Crippen LogP contribution is -2.22. The first-order valence-corrected chi connectivity index (χ1v) is 6.64. The fourth-order valence-corrected chi connectivity index (χ4v) is 2.17. The number of sulfone groups is 1. The van der Waals surface area contributed by atoms with Gasteiger partial charge < -0.3 is 5.11 Å². The van der Waals surface area contributed by atoms with Gasteiger partial charge in [-0.3, -0.25) is 0 Å². The van der Waals surface area contributed by atoms with Gasteiger partial charge in [-0.05, 0) is 11.6 Å². The van der Waals surface area contributed by atoms with Gasteiger partial charge in [-0.2, -0.15) is 0 Å². The molecule has 90 valence electrons. The predicted octanol–water partition coefficient (Wildman–Crippen LogP) is 0.913. The molecule has 16 heavy (non-hydrogen) atoms. The van der Waals surface area contributed by atoms with E-state index in [0.29, 0.717) is 6.07 Å². The van der Waals surface area contributed by atoms with Crippen LogP contribution in [0.4, 0.5) is 8.78 Å². The quantitative estimate of drug-likeness (QED) is 0.864. The summed E-state index contributed by atoms with van der Waals surface area (Å²) in [6, 6.07) is 2.95. The smallest absolute Gasteiger partial charge is 0.150 e. The molecule has 0 radical (unpaired) electrons. The van der Waals surface area contributed by atoms with Crippen molar-refractivity contribution in [2.75, 3.05) is 12.0 Å². The van der Waals surface area contributed by atoms with Crippen LogP contribution < -0.4 is 0 Å². The second-order valence-electron chi connectivity index (χ2n) is 3.69. The van der Waals surface area contributed by atoms with Gasteiger partial charge in [-0.15, -0.1) is 0 Å². The monoisotopic (exact) mass is 250 g/mol. The SMILES string of the molecule is CS(=O)(=O)CC(O)Cc1ccc(F)cc1F. The number of hydrogen-bond donors (Lipinski definition) is 1. The highest BCUT2D eigenvalue weighted by Gasteiger charge is 2.15. The molecule has 0 saturated carbocycles. The highest BCUT2D eigenvalue weighted by atomic mass is 32.2. The Morgan fingerprint density at radius 3 is 2.50 bits per heavy atom. The van der Waals surface area contributed by atoms with E-state index in [4.69, 9.17) is 0 Å². The number of rotatable bonds is 4. The molecule has 0 amide bonds. The summed E-state index contributed by atoms with van der Waals surface area (Å²) in [5, 5.41) is 9.39. The van der Waals surface area contributed by atoms with Crippen LogP contribution >= 0.6 is 0 Å². The van der Waals surface area contributed by atoms with Crippen molar-refractivity contribution in [2.24, 2.45) is 0 Å². The Labute approximate surface area is 92.6 Å². The summed E-state index contributed by atoms with van der Waals surface area (Å²) in [7, 11) is -3.31. The van der Waals surface area contributed by atoms with Crippen LogP contribution in [0.25, 0.3) is 0 Å². The van der Waals surface area contributed by atoms with E-state index in [9.17, 15) is 22.3 Å². The minimum Gasteiger partial charge on any atom is -0.392 e. The van der Waals surface area contributed by atoms with Crippen molar-refractivity contribution in [2.45, 2.75) is 12.5 Å². The standard InChI is InChI=1S/C10H12F2O3S/c1-16(14,15)6-9(13)4-7-2-3-8(11)5-10(7)12/h2-3,5,9,13H,4,6H2,1H3. The van der Waals surface area contributed by atoms with Crippen molar-refractivity contribution in [3.8, 4) is 0 Å². The lowest BCUT2D eigenvalue weighted by atomic mass is 10.1. The summed E-state index contributed by atoms with van der Waals surface area (Å²) >= 11 is 0. The van der Waals surface area contributed by atoms with Gasteiger partial charge in [-0.1, -0.05) is 6.07 Å². The molecule has 0 bridgehead atoms. The van der Waals surface area contributed by atoms with Crippen molar-refractivity contribution < 1.29 is 22.3 Å². The minimum atomic E-state index is -3.31. The first kappa shape index (κ1) is 13.1. The number of halogens is 2. The predicted molar refractivity (Wildman–Crippen MR) is 55.8 cm³/mol. The zero-order chi connectivity index (χ0) is 12.3. The lowest BCUT2D eigenvalue weighted by molar-refractivity contribution is 0.196. The first-order chi connectivity index (χ1) is 7.28. The van der Waals surface area contributed by atoms with Crippen LogP contribution in [0.1, 0.15) is 5.56 Å². The van der Waals surface area contributed by atoms with Gasteiger partial charge in [-0.25, -0.2) is 17.2 Å². The number of hydrogen-bond acceptors (Lipinski definition) is 3. The third kappa shape index (κ3) is 4.24. The van der Waals surface area contributed by atoms with E-state index >= 15 is 0 Å². The zero-order valence-electron chi connectivity index (χ0n) is 8.65. The molecule has 0 spiro atoms. The molecular formula is C10H12F2O3S. The Morgan fingerprint density at radius 1 is 1.38 bits per heavy atom. The lowest BCUT2D eigenvalue weighted by Gasteiger charge is -2.09. The summed E-state index contributed by atoms with van der Waals surface area (Å²) in [6.45, 7) is 0. The molecule has 3 nitrogen and oxygen atoms in total. The maximum atomic E-state index is 13.1. The van der Waals surface area contributed by atoms with Crippen molar-refractivity contribution in [3.05, 3.63) is 35.4 Å². The Hall–Kier alpha value is -1.01. The summed E-state index contributed by atoms with van der Waals surface area (Å²) in [6.07, 6.45) is -0.355. The van der Waals surface area contributed by atoms with E-state index in [1.807, 2.05) is 0 Å². The number of aliphatic hydroxyl groups excluding tert-OH is 1. The third-order valence-electron chi connectivity index (χ3n) is 1.97. The molecule has 0 fully saturated rings. The molecular weight excluding hydrogens is 238 g/mol. The van der Waals surface area contributed by atoms with Crippen LogP contribution in [0, 0.1) is 11.6 Å². The van der Waals surface area contributed by atoms with Gasteiger partial charge in [0.15, 0.2) is 0 Å². The molecule has 1 atom stereocenters. The van der Waals surface area contributed by atoms with Crippen molar-refractivity contribution >= 4 is 9.84 Å². The van der Waals surface area contributed by atoms with Crippen LogP contribution in [-0.4, -0.2) is 31.6 Å². The largest absolute Gasteiger partial charge is 0.392 e. The van der Waals surface area contributed by atoms with Crippen LogP contribution in [-0.2, 0) is 16.3 Å². The van der Waals surface area contributed by atoms with E-state index < -0.39 is 33.3 Å². The summed E-state index contributed by atoms with van der Waals surface area (Å²) in [4.78, 5) is 0. The van der Waals surface area contributed by atoms with Gasteiger partial charge in [0.2, 0.25) is 0 Å². The average Bonchev–Trinajstić information content (AvgIpc) is 2.06. The molecule has 1 rings (SSSR count). The fraction of sp³-hybridized carbons (Fsp3) is 0.400. The molecule has 0 heterocycles. The summed E-state index contributed by atoms with van der Waals surface area (Å²) in [5.74, 6) is -1.93. The van der Waals surface area contributed by atoms with Gasteiger partial charge in [0.25, 0.3) is 0 Å². The van der Waals surface area contributed by atoms with Gasteiger partial charge in [0, 0.05) is 18.7 Å². The molecule has 1 unspecified atom stereocenters. The third-order valence-corrected chi connectivity index (χ3v) is 2.96. The summed E-state index contributed by atoms with van der Waals surface area (Å²) < 4.78 is 47.4. The Balaban J connectivity index is 2.73. The Kier molecular flexibility index (Phi) is 3.98. The number of aliphatic hydroxyl groups is 1. The second kappa shape index (κ2) is 4.88. The molecule has 1 aromatic carbocycles. The van der Waals surface area contributed by atoms with Crippen LogP contribution in [0.3, 0.4) is 0 Å². The van der Waals surface area contributed by atoms with Crippen LogP contribution in [0.2, 0.25) is 0 Å². The van der Waals surface area contributed by atoms with Crippen molar-refractivity contribution in [3.63, 3.8) is 0 Å². The number of benzene rings is 1. The van der Waals surface area contributed by atoms with E-state index in [1.165, 1.54) is 6.07 Å². The van der Waals surface area contributed by atoms with E-state index in [2.05, 4.69) is 0 Å². The molecule has 0 aromatic heterocycles. The van der Waals surface area contributed by atoms with E-state index in [0.717, 1.165) is 12.3 Å². The van der Waals surface area contributed by atoms with Gasteiger partial charge >= 0.3 is 0 Å². The Morgan fingerprint density at radius 2 is 2.00 bits per heavy atom. The van der Waals surface area contributed by atoms with E-state index in [1.54, 1.807) is 0 Å².